The molecule has 0 N–H and O–H groups in total. The molecule has 0 saturated carbocycles. The number of hydrogen-bond acceptors (Lipinski definition) is 6. The summed E-state index contributed by atoms with van der Waals surface area (Å²) in [7, 11) is 0. The van der Waals surface area contributed by atoms with Gasteiger partial charge in [0, 0.05) is 32.4 Å². The first-order chi connectivity index (χ1) is 13.6. The summed E-state index contributed by atoms with van der Waals surface area (Å²) < 4.78 is 39.6. The van der Waals surface area contributed by atoms with Crippen LogP contribution < -0.4 is 10.5 Å². The number of alkyl halides is 3. The van der Waals surface area contributed by atoms with Gasteiger partial charge in [-0.15, -0.1) is 0 Å². The molecule has 29 heavy (non-hydrogen) atoms. The average molecular weight is 427 g/mol. The van der Waals surface area contributed by atoms with Gasteiger partial charge in [0.25, 0.3) is 5.56 Å². The lowest BCUT2D eigenvalue weighted by molar-refractivity contribution is -0.137. The average Bonchev–Trinajstić information content (AvgIpc) is 2.66. The minimum absolute atomic E-state index is 0.0565. The quantitative estimate of drug-likeness (QED) is 0.750. The van der Waals surface area contributed by atoms with Crippen molar-refractivity contribution in [2.75, 3.05) is 31.1 Å². The maximum atomic E-state index is 12.8. The van der Waals surface area contributed by atoms with E-state index in [9.17, 15) is 23.2 Å². The first-order valence-electron chi connectivity index (χ1n) is 8.80. The van der Waals surface area contributed by atoms with Crippen LogP contribution in [0.3, 0.4) is 0 Å². The molecule has 0 bridgehead atoms. The molecule has 2 aromatic rings. The predicted molar refractivity (Wildman–Crippen MR) is 101 cm³/mol. The Labute approximate surface area is 169 Å². The van der Waals surface area contributed by atoms with E-state index in [1.54, 1.807) is 18.7 Å². The van der Waals surface area contributed by atoms with Crippen molar-refractivity contribution in [1.29, 1.82) is 5.26 Å². The Hall–Kier alpha value is -2.64. The van der Waals surface area contributed by atoms with E-state index in [2.05, 4.69) is 10.1 Å². The number of pyridine rings is 1. The third kappa shape index (κ3) is 4.36. The van der Waals surface area contributed by atoms with Crippen LogP contribution in [0.4, 0.5) is 19.0 Å². The fourth-order valence-electron chi connectivity index (χ4n) is 3.11. The highest BCUT2D eigenvalue weighted by Gasteiger charge is 2.32. The number of nitriles is 1. The van der Waals surface area contributed by atoms with Gasteiger partial charge in [-0.25, -0.2) is 9.67 Å². The van der Waals surface area contributed by atoms with Crippen LogP contribution in [0, 0.1) is 25.2 Å². The number of piperazine rings is 1. The molecule has 0 radical (unpaired) electrons. The van der Waals surface area contributed by atoms with Crippen LogP contribution in [-0.4, -0.2) is 45.8 Å². The lowest BCUT2D eigenvalue weighted by Gasteiger charge is -2.35. The zero-order valence-electron chi connectivity index (χ0n) is 15.8. The van der Waals surface area contributed by atoms with Gasteiger partial charge in [0.1, 0.15) is 17.5 Å². The zero-order chi connectivity index (χ0) is 21.3. The molecule has 0 unspecified atom stereocenters. The molecule has 0 amide bonds. The maximum Gasteiger partial charge on any atom is 0.417 e. The Balaban J connectivity index is 1.70. The predicted octanol–water partition coefficient (Wildman–Crippen LogP) is 2.58. The van der Waals surface area contributed by atoms with E-state index >= 15 is 0 Å². The number of nitrogens with zero attached hydrogens (tertiary/aromatic N) is 6. The van der Waals surface area contributed by atoms with Crippen molar-refractivity contribution in [1.82, 2.24) is 19.7 Å². The van der Waals surface area contributed by atoms with Crippen LogP contribution in [0.2, 0.25) is 5.02 Å². The Morgan fingerprint density at radius 1 is 1.24 bits per heavy atom. The van der Waals surface area contributed by atoms with Gasteiger partial charge in [-0.05, 0) is 25.5 Å². The van der Waals surface area contributed by atoms with Crippen LogP contribution in [0.5, 0.6) is 0 Å². The topological polar surface area (TPSA) is 78.1 Å². The highest BCUT2D eigenvalue weighted by Crippen LogP contribution is 2.33. The lowest BCUT2D eigenvalue weighted by Crippen LogP contribution is -2.48. The summed E-state index contributed by atoms with van der Waals surface area (Å²) in [6.45, 7) is 5.65. The monoisotopic (exact) mass is 426 g/mol. The Bertz CT molecular complexity index is 1020. The molecule has 7 nitrogen and oxygen atoms in total. The summed E-state index contributed by atoms with van der Waals surface area (Å²) in [6, 6.07) is 2.80. The summed E-state index contributed by atoms with van der Waals surface area (Å²) in [5.41, 5.74) is -0.0668. The number of anilines is 1. The number of aromatic nitrogens is 3. The second kappa shape index (κ2) is 8.00. The molecule has 0 aromatic carbocycles. The van der Waals surface area contributed by atoms with Crippen molar-refractivity contribution >= 4 is 17.4 Å². The molecule has 3 rings (SSSR count). The summed E-state index contributed by atoms with van der Waals surface area (Å²) in [5, 5.41) is 13.4. The van der Waals surface area contributed by atoms with Crippen LogP contribution in [0.15, 0.2) is 17.1 Å². The van der Waals surface area contributed by atoms with E-state index in [1.165, 1.54) is 4.68 Å². The number of rotatable bonds is 3. The van der Waals surface area contributed by atoms with E-state index in [4.69, 9.17) is 11.6 Å². The third-order valence-electron chi connectivity index (χ3n) is 4.90. The van der Waals surface area contributed by atoms with Gasteiger partial charge < -0.3 is 4.90 Å². The second-order valence-corrected chi connectivity index (χ2v) is 7.18. The molecule has 1 aliphatic rings. The summed E-state index contributed by atoms with van der Waals surface area (Å²) in [5.74, 6) is 0.299. The molecule has 1 saturated heterocycles. The van der Waals surface area contributed by atoms with Gasteiger partial charge in [0.2, 0.25) is 0 Å². The largest absolute Gasteiger partial charge is 0.417 e. The van der Waals surface area contributed by atoms with Crippen molar-refractivity contribution in [3.8, 4) is 6.07 Å². The normalized spacial score (nSPS) is 15.4. The number of hydrogen-bond donors (Lipinski definition) is 0. The molecule has 2 aromatic heterocycles. The van der Waals surface area contributed by atoms with Gasteiger partial charge in [-0.2, -0.15) is 23.5 Å². The van der Waals surface area contributed by atoms with E-state index in [0.717, 1.165) is 12.3 Å². The van der Waals surface area contributed by atoms with Gasteiger partial charge in [0.05, 0.1) is 22.9 Å². The van der Waals surface area contributed by atoms with Crippen molar-refractivity contribution in [2.45, 2.75) is 26.7 Å². The summed E-state index contributed by atoms with van der Waals surface area (Å²) >= 11 is 6.02. The van der Waals surface area contributed by atoms with Gasteiger partial charge in [0.15, 0.2) is 0 Å². The van der Waals surface area contributed by atoms with Gasteiger partial charge in [-0.1, -0.05) is 11.6 Å². The minimum atomic E-state index is -4.50. The van der Waals surface area contributed by atoms with Gasteiger partial charge in [-0.3, -0.25) is 9.69 Å². The van der Waals surface area contributed by atoms with Crippen molar-refractivity contribution in [3.05, 3.63) is 50.0 Å². The Kier molecular flexibility index (Phi) is 5.82. The van der Waals surface area contributed by atoms with Gasteiger partial charge >= 0.3 is 6.18 Å². The van der Waals surface area contributed by atoms with Crippen LogP contribution in [0.25, 0.3) is 0 Å². The van der Waals surface area contributed by atoms with E-state index in [-0.39, 0.29) is 17.3 Å². The second-order valence-electron chi connectivity index (χ2n) is 6.78. The Morgan fingerprint density at radius 3 is 2.45 bits per heavy atom. The SMILES string of the molecule is Cc1nn(CN2CCN(c3ncc(C(F)(F)F)cc3Cl)CC2)c(=O)c(C#N)c1C. The minimum Gasteiger partial charge on any atom is -0.353 e. The standard InChI is InChI=1S/C18H18ClF3N6O/c1-11-12(2)25-28(17(29)14(11)8-23)10-26-3-5-27(6-4-26)16-15(19)7-13(9-24-16)18(20,21)22/h7,9H,3-6,10H2,1-2H3. The van der Waals surface area contributed by atoms with Crippen LogP contribution in [0.1, 0.15) is 22.4 Å². The van der Waals surface area contributed by atoms with Crippen molar-refractivity contribution < 1.29 is 13.2 Å². The third-order valence-corrected chi connectivity index (χ3v) is 5.18. The summed E-state index contributed by atoms with van der Waals surface area (Å²) in [4.78, 5) is 20.1. The molecule has 0 aliphatic carbocycles. The number of halogens is 4. The van der Waals surface area contributed by atoms with Crippen LogP contribution in [-0.2, 0) is 12.8 Å². The highest BCUT2D eigenvalue weighted by molar-refractivity contribution is 6.33. The fourth-order valence-corrected chi connectivity index (χ4v) is 3.39. The molecule has 3 heterocycles. The first-order valence-corrected chi connectivity index (χ1v) is 9.18. The molecular weight excluding hydrogens is 409 g/mol. The van der Waals surface area contributed by atoms with E-state index in [1.807, 2.05) is 11.0 Å². The van der Waals surface area contributed by atoms with Crippen molar-refractivity contribution in [2.24, 2.45) is 0 Å². The molecule has 0 spiro atoms. The lowest BCUT2D eigenvalue weighted by atomic mass is 10.1. The molecule has 154 valence electrons. The number of aryl methyl sites for hydroxylation is 1. The maximum absolute atomic E-state index is 12.8. The molecule has 1 aliphatic heterocycles. The highest BCUT2D eigenvalue weighted by atomic mass is 35.5. The first kappa shape index (κ1) is 21.1. The van der Waals surface area contributed by atoms with E-state index in [0.29, 0.717) is 43.3 Å². The summed E-state index contributed by atoms with van der Waals surface area (Å²) in [6.07, 6.45) is -3.72. The fraction of sp³-hybridized carbons (Fsp3) is 0.444. The molecular formula is C18H18ClF3N6O. The van der Waals surface area contributed by atoms with Crippen LogP contribution >= 0.6 is 11.6 Å². The van der Waals surface area contributed by atoms with Crippen molar-refractivity contribution in [3.63, 3.8) is 0 Å². The zero-order valence-corrected chi connectivity index (χ0v) is 16.5. The molecule has 11 heteroatoms. The molecule has 1 fully saturated rings. The smallest absolute Gasteiger partial charge is 0.353 e. The Morgan fingerprint density at radius 2 is 1.90 bits per heavy atom. The van der Waals surface area contributed by atoms with E-state index < -0.39 is 17.3 Å². The molecule has 0 atom stereocenters.